The van der Waals surface area contributed by atoms with Crippen molar-refractivity contribution in [3.8, 4) is 11.5 Å². The lowest BCUT2D eigenvalue weighted by molar-refractivity contribution is -0.120. The van der Waals surface area contributed by atoms with E-state index < -0.39 is 24.3 Å². The van der Waals surface area contributed by atoms with Gasteiger partial charge in [0.25, 0.3) is 0 Å². The largest absolute Gasteiger partial charge is 0.504 e. The van der Waals surface area contributed by atoms with E-state index in [1.54, 1.807) is 0 Å². The Morgan fingerprint density at radius 1 is 1.14 bits per heavy atom. The number of aliphatic hydroxyl groups is 3. The van der Waals surface area contributed by atoms with Gasteiger partial charge in [-0.15, -0.1) is 0 Å². The number of carbonyl (C=O) groups is 1. The first-order chi connectivity index (χ1) is 10.4. The molecule has 0 saturated carbocycles. The Bertz CT molecular complexity index is 538. The molecule has 1 aliphatic rings. The zero-order chi connectivity index (χ0) is 16.3. The van der Waals surface area contributed by atoms with Crippen molar-refractivity contribution >= 4 is 5.91 Å². The Kier molecular flexibility index (Phi) is 5.19. The van der Waals surface area contributed by atoms with Gasteiger partial charge in [-0.2, -0.15) is 0 Å². The van der Waals surface area contributed by atoms with Crippen LogP contribution in [0.3, 0.4) is 0 Å². The monoisotopic (exact) mass is 312 g/mol. The normalized spacial score (nSPS) is 27.8. The lowest BCUT2D eigenvalue weighted by atomic mass is 10.1. The zero-order valence-electron chi connectivity index (χ0n) is 11.8. The summed E-state index contributed by atoms with van der Waals surface area (Å²) >= 11 is 0. The predicted octanol–water partition coefficient (Wildman–Crippen LogP) is -2.19. The molecule has 0 radical (unpaired) electrons. The third-order valence-corrected chi connectivity index (χ3v) is 3.72. The molecule has 1 aromatic rings. The van der Waals surface area contributed by atoms with Crippen LogP contribution in [0.15, 0.2) is 18.2 Å². The van der Waals surface area contributed by atoms with Gasteiger partial charge in [-0.25, -0.2) is 0 Å². The first-order valence-corrected chi connectivity index (χ1v) is 6.93. The van der Waals surface area contributed by atoms with E-state index in [1.807, 2.05) is 0 Å². The first kappa shape index (κ1) is 16.5. The van der Waals surface area contributed by atoms with Gasteiger partial charge in [-0.3, -0.25) is 4.79 Å². The molecule has 0 unspecified atom stereocenters. The van der Waals surface area contributed by atoms with Crippen molar-refractivity contribution in [3.63, 3.8) is 0 Å². The van der Waals surface area contributed by atoms with E-state index in [0.29, 0.717) is 5.56 Å². The second kappa shape index (κ2) is 6.93. The molecule has 1 fully saturated rings. The molecule has 0 spiro atoms. The fourth-order valence-electron chi connectivity index (χ4n) is 2.44. The molecular weight excluding hydrogens is 292 g/mol. The number of hydrogen-bond acceptors (Lipinski definition) is 7. The number of aromatic hydroxyl groups is 2. The maximum atomic E-state index is 11.8. The van der Waals surface area contributed by atoms with Crippen molar-refractivity contribution in [1.82, 2.24) is 10.6 Å². The smallest absolute Gasteiger partial charge is 0.224 e. The van der Waals surface area contributed by atoms with Gasteiger partial charge in [-0.05, 0) is 17.7 Å². The molecule has 8 heteroatoms. The van der Waals surface area contributed by atoms with Gasteiger partial charge in [0.15, 0.2) is 11.5 Å². The average Bonchev–Trinajstić information content (AvgIpc) is 2.76. The van der Waals surface area contributed by atoms with Crippen molar-refractivity contribution < 1.29 is 30.3 Å². The highest BCUT2D eigenvalue weighted by molar-refractivity contribution is 5.78. The Morgan fingerprint density at radius 2 is 1.82 bits per heavy atom. The van der Waals surface area contributed by atoms with Crippen molar-refractivity contribution in [2.45, 2.75) is 30.7 Å². The van der Waals surface area contributed by atoms with E-state index in [-0.39, 0.29) is 37.0 Å². The number of benzene rings is 1. The van der Waals surface area contributed by atoms with Gasteiger partial charge in [-0.1, -0.05) is 6.07 Å². The molecule has 1 aromatic carbocycles. The summed E-state index contributed by atoms with van der Waals surface area (Å²) < 4.78 is 0. The fraction of sp³-hybridized carbons (Fsp3) is 0.500. The highest BCUT2D eigenvalue weighted by Gasteiger charge is 2.40. The number of hydrogen-bond donors (Lipinski definition) is 7. The van der Waals surface area contributed by atoms with Crippen LogP contribution in [0.4, 0.5) is 0 Å². The highest BCUT2D eigenvalue weighted by atomic mass is 16.3. The van der Waals surface area contributed by atoms with Gasteiger partial charge in [0, 0.05) is 6.54 Å². The minimum atomic E-state index is -1.08. The molecule has 7 N–H and O–H groups in total. The summed E-state index contributed by atoms with van der Waals surface area (Å²) in [6, 6.07) is 2.93. The van der Waals surface area contributed by atoms with Gasteiger partial charge < -0.3 is 36.2 Å². The second-order valence-electron chi connectivity index (χ2n) is 5.35. The number of rotatable bonds is 5. The van der Waals surface area contributed by atoms with Crippen LogP contribution in [0.25, 0.3) is 0 Å². The van der Waals surface area contributed by atoms with E-state index in [4.69, 9.17) is 5.11 Å². The number of aliphatic hydroxyl groups excluding tert-OH is 3. The topological polar surface area (TPSA) is 142 Å². The molecule has 122 valence electrons. The molecule has 1 heterocycles. The quantitative estimate of drug-likeness (QED) is 0.306. The Labute approximate surface area is 127 Å². The molecule has 22 heavy (non-hydrogen) atoms. The first-order valence-electron chi connectivity index (χ1n) is 6.93. The highest BCUT2D eigenvalue weighted by Crippen LogP contribution is 2.25. The fourth-order valence-corrected chi connectivity index (χ4v) is 2.44. The van der Waals surface area contributed by atoms with E-state index >= 15 is 0 Å². The molecule has 0 aromatic heterocycles. The lowest BCUT2D eigenvalue weighted by Crippen LogP contribution is -2.44. The van der Waals surface area contributed by atoms with Crippen LogP contribution in [0.2, 0.25) is 0 Å². The van der Waals surface area contributed by atoms with E-state index in [2.05, 4.69) is 10.6 Å². The average molecular weight is 312 g/mol. The standard InChI is InChI=1S/C14H20N2O6/c17-6-9-14(22)13(21)8(16-9)5-15-12(20)4-7-1-2-10(18)11(19)3-7/h1-3,8-9,13-14,16-19,21-22H,4-6H2,(H,15,20)/t8-,9-,13-,14+/m1/s1. The molecule has 4 atom stereocenters. The van der Waals surface area contributed by atoms with Crippen LogP contribution in [-0.4, -0.2) is 68.9 Å². The summed E-state index contributed by atoms with van der Waals surface area (Å²) in [5.41, 5.74) is 0.529. The number of nitrogens with one attached hydrogen (secondary N) is 2. The molecule has 0 bridgehead atoms. The van der Waals surface area contributed by atoms with Crippen molar-refractivity contribution in [1.29, 1.82) is 0 Å². The number of amides is 1. The summed E-state index contributed by atoms with van der Waals surface area (Å²) in [5, 5.41) is 52.5. The van der Waals surface area contributed by atoms with Crippen molar-refractivity contribution in [3.05, 3.63) is 23.8 Å². The minimum Gasteiger partial charge on any atom is -0.504 e. The number of phenolic OH excluding ortho intramolecular Hbond substituents is 2. The molecule has 1 aliphatic heterocycles. The molecule has 1 amide bonds. The minimum absolute atomic E-state index is 0.00262. The van der Waals surface area contributed by atoms with Crippen molar-refractivity contribution in [2.75, 3.05) is 13.2 Å². The van der Waals surface area contributed by atoms with E-state index in [0.717, 1.165) is 0 Å². The van der Waals surface area contributed by atoms with Gasteiger partial charge in [0.05, 0.1) is 37.3 Å². The summed E-state index contributed by atoms with van der Waals surface area (Å²) in [5.74, 6) is -0.889. The SMILES string of the molecule is O=C(Cc1ccc(O)c(O)c1)NC[C@H]1N[C@H](CO)[C@H](O)[C@@H]1O. The van der Waals surface area contributed by atoms with Crippen LogP contribution < -0.4 is 10.6 Å². The molecule has 0 aliphatic carbocycles. The number of phenols is 2. The molecular formula is C14H20N2O6. The summed E-state index contributed by atoms with van der Waals surface area (Å²) in [7, 11) is 0. The Balaban J connectivity index is 1.84. The third-order valence-electron chi connectivity index (χ3n) is 3.72. The molecule has 2 rings (SSSR count). The van der Waals surface area contributed by atoms with Crippen molar-refractivity contribution in [2.24, 2.45) is 0 Å². The van der Waals surface area contributed by atoms with Gasteiger partial charge in [0.2, 0.25) is 5.91 Å². The maximum Gasteiger partial charge on any atom is 0.224 e. The molecule has 1 saturated heterocycles. The third kappa shape index (κ3) is 3.66. The lowest BCUT2D eigenvalue weighted by Gasteiger charge is -2.16. The second-order valence-corrected chi connectivity index (χ2v) is 5.35. The van der Waals surface area contributed by atoms with Crippen LogP contribution in [0.5, 0.6) is 11.5 Å². The Morgan fingerprint density at radius 3 is 2.41 bits per heavy atom. The van der Waals surface area contributed by atoms with Crippen LogP contribution >= 0.6 is 0 Å². The van der Waals surface area contributed by atoms with Crippen LogP contribution in [0.1, 0.15) is 5.56 Å². The van der Waals surface area contributed by atoms with Gasteiger partial charge >= 0.3 is 0 Å². The zero-order valence-corrected chi connectivity index (χ0v) is 11.8. The van der Waals surface area contributed by atoms with Crippen LogP contribution in [0, 0.1) is 0 Å². The number of carbonyl (C=O) groups excluding carboxylic acids is 1. The molecule has 8 nitrogen and oxygen atoms in total. The Hall–Kier alpha value is -1.87. The van der Waals surface area contributed by atoms with Crippen LogP contribution in [-0.2, 0) is 11.2 Å². The maximum absolute atomic E-state index is 11.8. The van der Waals surface area contributed by atoms with E-state index in [1.165, 1.54) is 18.2 Å². The summed E-state index contributed by atoms with van der Waals surface area (Å²) in [6.07, 6.45) is -2.15. The summed E-state index contributed by atoms with van der Waals surface area (Å²) in [4.78, 5) is 11.8. The predicted molar refractivity (Wildman–Crippen MR) is 76.3 cm³/mol. The van der Waals surface area contributed by atoms with E-state index in [9.17, 15) is 25.2 Å². The van der Waals surface area contributed by atoms with Gasteiger partial charge in [0.1, 0.15) is 0 Å². The summed E-state index contributed by atoms with van der Waals surface area (Å²) in [6.45, 7) is -0.215.